The van der Waals surface area contributed by atoms with Crippen molar-refractivity contribution < 1.29 is 14.0 Å². The van der Waals surface area contributed by atoms with E-state index in [2.05, 4.69) is 16.3 Å². The minimum absolute atomic E-state index is 0.132. The van der Waals surface area contributed by atoms with Crippen molar-refractivity contribution in [3.05, 3.63) is 54.0 Å². The number of piperidine rings is 1. The van der Waals surface area contributed by atoms with Gasteiger partial charge in [-0.15, -0.1) is 0 Å². The maximum absolute atomic E-state index is 12.9. The van der Waals surface area contributed by atoms with Crippen molar-refractivity contribution in [2.75, 3.05) is 25.0 Å². The first-order valence-corrected chi connectivity index (χ1v) is 10.2. The van der Waals surface area contributed by atoms with Crippen molar-refractivity contribution in [1.29, 1.82) is 0 Å². The quantitative estimate of drug-likeness (QED) is 0.861. The van der Waals surface area contributed by atoms with E-state index in [4.69, 9.17) is 4.42 Å². The zero-order chi connectivity index (χ0) is 19.3. The Morgan fingerprint density at radius 1 is 1.04 bits per heavy atom. The first-order chi connectivity index (χ1) is 13.7. The molecule has 2 amide bonds. The molecule has 6 heteroatoms. The van der Waals surface area contributed by atoms with Gasteiger partial charge in [-0.2, -0.15) is 0 Å². The van der Waals surface area contributed by atoms with Gasteiger partial charge in [0.05, 0.1) is 6.26 Å². The molecule has 2 aliphatic rings. The summed E-state index contributed by atoms with van der Waals surface area (Å²) >= 11 is 0. The highest BCUT2D eigenvalue weighted by molar-refractivity contribution is 6.00. The molecule has 4 rings (SSSR count). The lowest BCUT2D eigenvalue weighted by atomic mass is 10.1. The Kier molecular flexibility index (Phi) is 5.76. The van der Waals surface area contributed by atoms with Gasteiger partial charge < -0.3 is 14.6 Å². The van der Waals surface area contributed by atoms with E-state index in [-0.39, 0.29) is 17.6 Å². The lowest BCUT2D eigenvalue weighted by molar-refractivity contribution is -0.119. The van der Waals surface area contributed by atoms with Crippen LogP contribution in [0.3, 0.4) is 0 Å². The molecule has 1 atom stereocenters. The van der Waals surface area contributed by atoms with Crippen LogP contribution in [0.2, 0.25) is 0 Å². The van der Waals surface area contributed by atoms with Gasteiger partial charge in [0.15, 0.2) is 5.76 Å². The van der Waals surface area contributed by atoms with Crippen LogP contribution in [0.15, 0.2) is 47.1 Å². The van der Waals surface area contributed by atoms with Gasteiger partial charge in [-0.1, -0.05) is 18.6 Å². The second-order valence-electron chi connectivity index (χ2n) is 7.66. The Morgan fingerprint density at radius 3 is 2.68 bits per heavy atom. The molecular formula is C22H27N3O3. The molecule has 6 nitrogen and oxygen atoms in total. The van der Waals surface area contributed by atoms with E-state index in [1.165, 1.54) is 31.1 Å². The fourth-order valence-corrected chi connectivity index (χ4v) is 4.17. The molecule has 0 saturated carbocycles. The van der Waals surface area contributed by atoms with Gasteiger partial charge in [0.25, 0.3) is 5.91 Å². The van der Waals surface area contributed by atoms with Gasteiger partial charge >= 0.3 is 0 Å². The molecule has 2 fully saturated rings. The van der Waals surface area contributed by atoms with E-state index in [0.717, 1.165) is 31.7 Å². The van der Waals surface area contributed by atoms with Gasteiger partial charge in [-0.05, 0) is 68.6 Å². The third-order valence-corrected chi connectivity index (χ3v) is 5.60. The molecule has 1 unspecified atom stereocenters. The zero-order valence-corrected chi connectivity index (χ0v) is 16.1. The van der Waals surface area contributed by atoms with E-state index in [0.29, 0.717) is 13.0 Å². The summed E-state index contributed by atoms with van der Waals surface area (Å²) in [6, 6.07) is 10.9. The zero-order valence-electron chi connectivity index (χ0n) is 16.1. The van der Waals surface area contributed by atoms with E-state index in [1.54, 1.807) is 17.0 Å². The third kappa shape index (κ3) is 4.28. The standard InChI is InChI=1S/C22H27N3O3/c26-21(19-9-5-13-25(19)22(27)20-10-6-14-28-20)23-18-8-4-7-17(15-18)16-24-11-2-1-3-12-24/h4,6-8,10,14-15,19H,1-3,5,9,11-13,16H2,(H,23,26). The molecule has 2 aromatic rings. The number of nitrogens with one attached hydrogen (secondary N) is 1. The lowest BCUT2D eigenvalue weighted by Crippen LogP contribution is -2.43. The third-order valence-electron chi connectivity index (χ3n) is 5.60. The predicted molar refractivity (Wildman–Crippen MR) is 107 cm³/mol. The molecule has 148 valence electrons. The van der Waals surface area contributed by atoms with Crippen LogP contribution in [0.1, 0.15) is 48.2 Å². The molecular weight excluding hydrogens is 354 g/mol. The number of anilines is 1. The first-order valence-electron chi connectivity index (χ1n) is 10.2. The predicted octanol–water partition coefficient (Wildman–Crippen LogP) is 3.51. The highest BCUT2D eigenvalue weighted by Crippen LogP contribution is 2.23. The van der Waals surface area contributed by atoms with Crippen LogP contribution in [0, 0.1) is 0 Å². The Labute approximate surface area is 165 Å². The summed E-state index contributed by atoms with van der Waals surface area (Å²) < 4.78 is 5.21. The average Bonchev–Trinajstić information content (AvgIpc) is 3.41. The summed E-state index contributed by atoms with van der Waals surface area (Å²) in [7, 11) is 0. The van der Waals surface area contributed by atoms with Crippen molar-refractivity contribution in [3.8, 4) is 0 Å². The lowest BCUT2D eigenvalue weighted by Gasteiger charge is -2.26. The molecule has 0 spiro atoms. The minimum atomic E-state index is -0.455. The molecule has 1 aromatic heterocycles. The molecule has 0 radical (unpaired) electrons. The Hall–Kier alpha value is -2.60. The topological polar surface area (TPSA) is 65.8 Å². The first kappa shape index (κ1) is 18.7. The molecule has 28 heavy (non-hydrogen) atoms. The van der Waals surface area contributed by atoms with E-state index >= 15 is 0 Å². The fourth-order valence-electron chi connectivity index (χ4n) is 4.17. The van der Waals surface area contributed by atoms with Crippen molar-refractivity contribution in [2.24, 2.45) is 0 Å². The summed E-state index contributed by atoms with van der Waals surface area (Å²) in [5.74, 6) is -0.0720. The number of carbonyl (C=O) groups excluding carboxylic acids is 2. The number of carbonyl (C=O) groups is 2. The minimum Gasteiger partial charge on any atom is -0.459 e. The van der Waals surface area contributed by atoms with Crippen LogP contribution in [-0.4, -0.2) is 47.3 Å². The summed E-state index contributed by atoms with van der Waals surface area (Å²) in [5.41, 5.74) is 1.99. The van der Waals surface area contributed by atoms with Crippen LogP contribution >= 0.6 is 0 Å². The molecule has 2 aliphatic heterocycles. The molecule has 1 aromatic carbocycles. The summed E-state index contributed by atoms with van der Waals surface area (Å²) in [6.45, 7) is 3.77. The van der Waals surface area contributed by atoms with Crippen LogP contribution in [0.25, 0.3) is 0 Å². The number of amides is 2. The summed E-state index contributed by atoms with van der Waals surface area (Å²) in [5, 5.41) is 3.01. The number of hydrogen-bond acceptors (Lipinski definition) is 4. The highest BCUT2D eigenvalue weighted by atomic mass is 16.3. The monoisotopic (exact) mass is 381 g/mol. The molecule has 2 saturated heterocycles. The van der Waals surface area contributed by atoms with Crippen LogP contribution in [0.4, 0.5) is 5.69 Å². The highest BCUT2D eigenvalue weighted by Gasteiger charge is 2.35. The van der Waals surface area contributed by atoms with Gasteiger partial charge in [0.1, 0.15) is 6.04 Å². The van der Waals surface area contributed by atoms with Crippen LogP contribution in [-0.2, 0) is 11.3 Å². The number of rotatable bonds is 5. The Morgan fingerprint density at radius 2 is 1.89 bits per heavy atom. The molecule has 3 heterocycles. The van der Waals surface area contributed by atoms with Gasteiger partial charge in [-0.3, -0.25) is 14.5 Å². The van der Waals surface area contributed by atoms with Crippen molar-refractivity contribution >= 4 is 17.5 Å². The van der Waals surface area contributed by atoms with Crippen molar-refractivity contribution in [3.63, 3.8) is 0 Å². The normalized spacial score (nSPS) is 20.3. The Balaban J connectivity index is 1.40. The summed E-state index contributed by atoms with van der Waals surface area (Å²) in [6.07, 6.45) is 6.81. The largest absolute Gasteiger partial charge is 0.459 e. The number of nitrogens with zero attached hydrogens (tertiary/aromatic N) is 2. The average molecular weight is 381 g/mol. The molecule has 1 N–H and O–H groups in total. The van der Waals surface area contributed by atoms with Crippen molar-refractivity contribution in [2.45, 2.75) is 44.7 Å². The van der Waals surface area contributed by atoms with E-state index < -0.39 is 6.04 Å². The summed E-state index contributed by atoms with van der Waals surface area (Å²) in [4.78, 5) is 29.5. The van der Waals surface area contributed by atoms with Gasteiger partial charge in [-0.25, -0.2) is 0 Å². The van der Waals surface area contributed by atoms with Gasteiger partial charge in [0.2, 0.25) is 5.91 Å². The van der Waals surface area contributed by atoms with Gasteiger partial charge in [0, 0.05) is 18.8 Å². The second kappa shape index (κ2) is 8.61. The van der Waals surface area contributed by atoms with Crippen LogP contribution < -0.4 is 5.32 Å². The maximum atomic E-state index is 12.9. The van der Waals surface area contributed by atoms with E-state index in [9.17, 15) is 9.59 Å². The smallest absolute Gasteiger partial charge is 0.290 e. The number of benzene rings is 1. The number of furan rings is 1. The number of likely N-dealkylation sites (tertiary alicyclic amines) is 2. The SMILES string of the molecule is O=C(Nc1cccc(CN2CCCCC2)c1)C1CCCN1C(=O)c1ccco1. The van der Waals surface area contributed by atoms with E-state index in [1.807, 2.05) is 18.2 Å². The van der Waals surface area contributed by atoms with Crippen molar-refractivity contribution in [1.82, 2.24) is 9.80 Å². The second-order valence-corrected chi connectivity index (χ2v) is 7.66. The maximum Gasteiger partial charge on any atom is 0.290 e. The fraction of sp³-hybridized carbons (Fsp3) is 0.455. The molecule has 0 aliphatic carbocycles. The molecule has 0 bridgehead atoms. The van der Waals surface area contributed by atoms with Crippen LogP contribution in [0.5, 0.6) is 0 Å². The number of hydrogen-bond donors (Lipinski definition) is 1. The Bertz CT molecular complexity index is 812.